The van der Waals surface area contributed by atoms with E-state index in [0.29, 0.717) is 32.2 Å². The summed E-state index contributed by atoms with van der Waals surface area (Å²) in [6.45, 7) is 15.7. The predicted octanol–water partition coefficient (Wildman–Crippen LogP) is 11.4. The Balaban J connectivity index is 0.000000236. The lowest BCUT2D eigenvalue weighted by atomic mass is 9.77. The van der Waals surface area contributed by atoms with Crippen molar-refractivity contribution < 1.29 is 23.8 Å². The highest BCUT2D eigenvalue weighted by atomic mass is 16.5. The summed E-state index contributed by atoms with van der Waals surface area (Å²) in [4.78, 5) is 28.1. The van der Waals surface area contributed by atoms with Gasteiger partial charge >= 0.3 is 11.9 Å². The van der Waals surface area contributed by atoms with Gasteiger partial charge in [-0.25, -0.2) is 14.5 Å². The van der Waals surface area contributed by atoms with Crippen LogP contribution in [-0.4, -0.2) is 68.9 Å². The Hall–Kier alpha value is -6.76. The molecule has 0 aliphatic heterocycles. The molecule has 6 aromatic rings. The van der Waals surface area contributed by atoms with Crippen LogP contribution in [0.2, 0.25) is 0 Å². The Morgan fingerprint density at radius 1 is 0.643 bits per heavy atom. The molecule has 0 unspecified atom stereocenters. The number of nitrogens with zero attached hydrogens (tertiary/aromatic N) is 5. The van der Waals surface area contributed by atoms with Crippen LogP contribution >= 0.6 is 0 Å². The van der Waals surface area contributed by atoms with Gasteiger partial charge in [-0.3, -0.25) is 4.79 Å². The lowest BCUT2D eigenvalue weighted by Gasteiger charge is -2.36. The van der Waals surface area contributed by atoms with E-state index in [1.807, 2.05) is 48.9 Å². The average Bonchev–Trinajstić information content (AvgIpc) is 4.22. The van der Waals surface area contributed by atoms with E-state index in [2.05, 4.69) is 145 Å². The average molecular weight is 948 g/mol. The second-order valence-electron chi connectivity index (χ2n) is 17.3. The number of tetrazole rings is 1. The summed E-state index contributed by atoms with van der Waals surface area (Å²) < 4.78 is 17.6. The third-order valence-electron chi connectivity index (χ3n) is 12.7. The van der Waals surface area contributed by atoms with Gasteiger partial charge in [0.05, 0.1) is 19.8 Å². The molecule has 0 radical (unpaired) electrons. The van der Waals surface area contributed by atoms with Gasteiger partial charge in [0.2, 0.25) is 0 Å². The monoisotopic (exact) mass is 948 g/mol. The number of aliphatic imine (C=N–C) groups is 1. The van der Waals surface area contributed by atoms with Crippen molar-refractivity contribution in [2.24, 2.45) is 16.5 Å². The normalized spacial score (nSPS) is 14.6. The van der Waals surface area contributed by atoms with Gasteiger partial charge in [-0.05, 0) is 96.7 Å². The maximum absolute atomic E-state index is 12.2. The number of aromatic nitrogens is 4. The van der Waals surface area contributed by atoms with E-state index >= 15 is 0 Å². The highest BCUT2D eigenvalue weighted by Gasteiger charge is 2.44. The van der Waals surface area contributed by atoms with E-state index in [0.717, 1.165) is 115 Å². The molecule has 2 fully saturated rings. The molecule has 2 saturated carbocycles. The first kappa shape index (κ1) is 54.2. The highest BCUT2D eigenvalue weighted by Crippen LogP contribution is 2.43. The van der Waals surface area contributed by atoms with Crippen LogP contribution in [0.1, 0.15) is 121 Å². The summed E-state index contributed by atoms with van der Waals surface area (Å²) in [5, 5.41) is 13.6. The molecule has 12 heteroatoms. The lowest BCUT2D eigenvalue weighted by Crippen LogP contribution is -2.46. The first-order valence-electron chi connectivity index (χ1n) is 24.9. The number of ether oxygens (including phenoxy) is 3. The van der Waals surface area contributed by atoms with Crippen LogP contribution in [-0.2, 0) is 35.9 Å². The second kappa shape index (κ2) is 27.4. The Morgan fingerprint density at radius 3 is 1.60 bits per heavy atom. The molecule has 5 aromatic carbocycles. The summed E-state index contributed by atoms with van der Waals surface area (Å²) in [6, 6.07) is 47.9. The fourth-order valence-corrected chi connectivity index (χ4v) is 9.20. The van der Waals surface area contributed by atoms with Gasteiger partial charge in [0.25, 0.3) is 0 Å². The molecule has 12 nitrogen and oxygen atoms in total. The first-order chi connectivity index (χ1) is 34.2. The summed E-state index contributed by atoms with van der Waals surface area (Å²) in [7, 11) is 0. The molecular weight excluding hydrogens is 875 g/mol. The van der Waals surface area contributed by atoms with E-state index in [9.17, 15) is 9.59 Å². The van der Waals surface area contributed by atoms with Crippen molar-refractivity contribution in [3.05, 3.63) is 175 Å². The molecule has 370 valence electrons. The molecule has 0 saturated heterocycles. The maximum atomic E-state index is 12.2. The van der Waals surface area contributed by atoms with Crippen LogP contribution in [0.25, 0.3) is 22.5 Å². The van der Waals surface area contributed by atoms with Gasteiger partial charge in [0.1, 0.15) is 11.1 Å². The number of carbonyl (C=O) groups is 2. The lowest BCUT2D eigenvalue weighted by molar-refractivity contribution is -0.150. The van der Waals surface area contributed by atoms with E-state index < -0.39 is 16.6 Å². The molecule has 2 aliphatic carbocycles. The third kappa shape index (κ3) is 13.1. The van der Waals surface area contributed by atoms with Gasteiger partial charge in [0.15, 0.2) is 17.3 Å². The molecule has 0 spiro atoms. The maximum Gasteiger partial charge on any atom is 0.334 e. The van der Waals surface area contributed by atoms with Crippen molar-refractivity contribution in [1.29, 1.82) is 0 Å². The van der Waals surface area contributed by atoms with Gasteiger partial charge in [-0.2, -0.15) is 0 Å². The Bertz CT molecular complexity index is 2400. The van der Waals surface area contributed by atoms with Gasteiger partial charge in [-0.1, -0.05) is 179 Å². The molecule has 0 amide bonds. The van der Waals surface area contributed by atoms with Crippen LogP contribution in [0, 0.1) is 0 Å². The standard InChI is InChI=1S/C33H27N5.C15H27NO3.C8H15NO2.C2H4/c34-24-25-20-22-26(23-21-25)30-18-10-11-19-31(30)32-35-36-37-38(32)33(27-12-4-1-5-13-27,28-14-6-2-7-15-28)29-16-8-3-9-17-29;1-4-7-10-13(18-5-2)16-15(11-8-9-12-15)14(17)19-6-3;1-2-11-7(10)8(9)5-3-4-6-8;1-2/h1-23H,24,34H2;4-12H2,1-3H3;2-6,9H2,1H3;1-2H2. The number of benzene rings is 5. The van der Waals surface area contributed by atoms with E-state index in [1.165, 1.54) is 0 Å². The van der Waals surface area contributed by atoms with Crippen molar-refractivity contribution in [3.63, 3.8) is 0 Å². The minimum Gasteiger partial charge on any atom is -0.481 e. The number of hydrogen-bond donors (Lipinski definition) is 2. The minimum absolute atomic E-state index is 0.179. The number of carbonyl (C=O) groups excluding carboxylic acids is 2. The first-order valence-corrected chi connectivity index (χ1v) is 24.9. The molecule has 0 atom stereocenters. The third-order valence-corrected chi connectivity index (χ3v) is 12.7. The molecule has 0 bridgehead atoms. The zero-order chi connectivity index (χ0) is 50.2. The van der Waals surface area contributed by atoms with Gasteiger partial charge in [0, 0.05) is 18.5 Å². The summed E-state index contributed by atoms with van der Waals surface area (Å²) in [5.41, 5.74) is 16.9. The summed E-state index contributed by atoms with van der Waals surface area (Å²) in [5.74, 6) is 0.998. The Labute approximate surface area is 415 Å². The predicted molar refractivity (Wildman–Crippen MR) is 281 cm³/mol. The van der Waals surface area contributed by atoms with Crippen molar-refractivity contribution >= 4 is 17.8 Å². The molecule has 1 aromatic heterocycles. The molecule has 8 rings (SSSR count). The van der Waals surface area contributed by atoms with Crippen LogP contribution in [0.4, 0.5) is 0 Å². The van der Waals surface area contributed by atoms with Crippen molar-refractivity contribution in [2.45, 2.75) is 121 Å². The molecule has 2 aliphatic rings. The number of rotatable bonds is 16. The minimum atomic E-state index is -0.806. The summed E-state index contributed by atoms with van der Waals surface area (Å²) in [6.07, 6.45) is 10.3. The molecule has 1 heterocycles. The highest BCUT2D eigenvalue weighted by molar-refractivity contribution is 5.87. The SMILES string of the molecule is C=C.CCCCC(=NC1(C(=O)OCC)CCCC1)OCC.CCOC(=O)C1(N)CCCC1.NCc1ccc(-c2ccccc2-c2nnnn2C(c2ccccc2)(c2ccccc2)c2ccccc2)cc1. The Kier molecular flexibility index (Phi) is 21.2. The smallest absolute Gasteiger partial charge is 0.334 e. The van der Waals surface area contributed by atoms with Crippen molar-refractivity contribution in [3.8, 4) is 22.5 Å². The summed E-state index contributed by atoms with van der Waals surface area (Å²) >= 11 is 0. The van der Waals surface area contributed by atoms with E-state index in [1.54, 1.807) is 6.92 Å². The fraction of sp³-hybridized carbons (Fsp3) is 0.379. The quantitative estimate of drug-likeness (QED) is 0.0313. The zero-order valence-corrected chi connectivity index (χ0v) is 41.7. The molecule has 70 heavy (non-hydrogen) atoms. The number of hydrogen-bond acceptors (Lipinski definition) is 11. The van der Waals surface area contributed by atoms with Crippen molar-refractivity contribution in [2.75, 3.05) is 19.8 Å². The van der Waals surface area contributed by atoms with Crippen LogP contribution < -0.4 is 11.5 Å². The van der Waals surface area contributed by atoms with Crippen LogP contribution in [0.5, 0.6) is 0 Å². The largest absolute Gasteiger partial charge is 0.481 e. The number of unbranched alkanes of at least 4 members (excludes halogenated alkanes) is 1. The van der Waals surface area contributed by atoms with Crippen molar-refractivity contribution in [1.82, 2.24) is 20.2 Å². The number of nitrogens with two attached hydrogens (primary N) is 2. The fourth-order valence-electron chi connectivity index (χ4n) is 9.20. The van der Waals surface area contributed by atoms with Crippen LogP contribution in [0.3, 0.4) is 0 Å². The van der Waals surface area contributed by atoms with Gasteiger partial charge in [-0.15, -0.1) is 18.3 Å². The zero-order valence-electron chi connectivity index (χ0n) is 41.7. The van der Waals surface area contributed by atoms with Gasteiger partial charge < -0.3 is 25.7 Å². The van der Waals surface area contributed by atoms with E-state index in [-0.39, 0.29) is 11.9 Å². The molecular formula is C58H73N7O5. The molecule has 4 N–H and O–H groups in total. The Morgan fingerprint density at radius 2 is 1.11 bits per heavy atom. The second-order valence-corrected chi connectivity index (χ2v) is 17.3. The van der Waals surface area contributed by atoms with E-state index in [4.69, 9.17) is 30.9 Å². The van der Waals surface area contributed by atoms with Crippen LogP contribution in [0.15, 0.2) is 158 Å². The topological polar surface area (TPSA) is 170 Å². The number of esters is 2.